The number of nitrogens with zero attached hydrogens (tertiary/aromatic N) is 2. The molecule has 3 rings (SSSR count). The van der Waals surface area contributed by atoms with Gasteiger partial charge in [-0.3, -0.25) is 0 Å². The molecule has 1 N–H and O–H groups in total. The van der Waals surface area contributed by atoms with Crippen molar-refractivity contribution in [2.75, 3.05) is 5.32 Å². The highest BCUT2D eigenvalue weighted by molar-refractivity contribution is 5.80. The molecule has 0 saturated carbocycles. The van der Waals surface area contributed by atoms with Crippen LogP contribution < -0.4 is 5.32 Å². The maximum absolute atomic E-state index is 4.64. The SMILES string of the molecule is Cc1cccc(C)c1Nc1nc2ccccc2n1C. The maximum Gasteiger partial charge on any atom is 0.208 e. The van der Waals surface area contributed by atoms with E-state index in [0.717, 1.165) is 22.7 Å². The van der Waals surface area contributed by atoms with E-state index in [2.05, 4.69) is 53.0 Å². The summed E-state index contributed by atoms with van der Waals surface area (Å²) >= 11 is 0. The van der Waals surface area contributed by atoms with Gasteiger partial charge in [0.1, 0.15) is 0 Å². The zero-order chi connectivity index (χ0) is 13.4. The van der Waals surface area contributed by atoms with Crippen LogP contribution in [0.25, 0.3) is 11.0 Å². The Balaban J connectivity index is 2.09. The van der Waals surface area contributed by atoms with E-state index in [0.29, 0.717) is 0 Å². The van der Waals surface area contributed by atoms with E-state index in [1.165, 1.54) is 11.1 Å². The lowest BCUT2D eigenvalue weighted by Gasteiger charge is -2.12. The van der Waals surface area contributed by atoms with Crippen molar-refractivity contribution < 1.29 is 0 Å². The van der Waals surface area contributed by atoms with Gasteiger partial charge in [0.25, 0.3) is 0 Å². The van der Waals surface area contributed by atoms with Crippen LogP contribution in [0.3, 0.4) is 0 Å². The molecule has 0 amide bonds. The molecule has 1 heterocycles. The van der Waals surface area contributed by atoms with Crippen LogP contribution >= 0.6 is 0 Å². The summed E-state index contributed by atoms with van der Waals surface area (Å²) in [4.78, 5) is 4.64. The molecule has 1 aromatic heterocycles. The minimum atomic E-state index is 0.874. The second kappa shape index (κ2) is 4.43. The van der Waals surface area contributed by atoms with Crippen LogP contribution in [0.4, 0.5) is 11.6 Å². The van der Waals surface area contributed by atoms with Gasteiger partial charge in [-0.15, -0.1) is 0 Å². The number of aryl methyl sites for hydroxylation is 3. The van der Waals surface area contributed by atoms with Gasteiger partial charge in [-0.1, -0.05) is 30.3 Å². The molecule has 0 aliphatic heterocycles. The number of fused-ring (bicyclic) bond motifs is 1. The molecule has 0 unspecified atom stereocenters. The van der Waals surface area contributed by atoms with E-state index in [1.54, 1.807) is 0 Å². The third kappa shape index (κ3) is 1.97. The second-order valence-corrected chi connectivity index (χ2v) is 4.87. The van der Waals surface area contributed by atoms with E-state index in [4.69, 9.17) is 0 Å². The van der Waals surface area contributed by atoms with Gasteiger partial charge in [-0.2, -0.15) is 0 Å². The number of benzene rings is 2. The fourth-order valence-corrected chi connectivity index (χ4v) is 2.38. The Bertz CT molecular complexity index is 721. The predicted molar refractivity (Wildman–Crippen MR) is 79.9 cm³/mol. The normalized spacial score (nSPS) is 10.9. The highest BCUT2D eigenvalue weighted by atomic mass is 15.2. The summed E-state index contributed by atoms with van der Waals surface area (Å²) in [6.45, 7) is 4.22. The standard InChI is InChI=1S/C16H17N3/c1-11-7-6-8-12(2)15(11)18-16-17-13-9-4-5-10-14(13)19(16)3/h4-10H,1-3H3,(H,17,18). The van der Waals surface area contributed by atoms with Crippen molar-refractivity contribution >= 4 is 22.7 Å². The van der Waals surface area contributed by atoms with Crippen molar-refractivity contribution in [2.24, 2.45) is 7.05 Å². The number of aromatic nitrogens is 2. The first-order valence-electron chi connectivity index (χ1n) is 6.41. The van der Waals surface area contributed by atoms with Gasteiger partial charge >= 0.3 is 0 Å². The number of imidazole rings is 1. The number of nitrogens with one attached hydrogen (secondary N) is 1. The summed E-state index contributed by atoms with van der Waals surface area (Å²) in [7, 11) is 2.03. The lowest BCUT2D eigenvalue weighted by Crippen LogP contribution is -2.02. The minimum absolute atomic E-state index is 0.874. The molecule has 3 nitrogen and oxygen atoms in total. The number of rotatable bonds is 2. The van der Waals surface area contributed by atoms with Crippen molar-refractivity contribution in [1.82, 2.24) is 9.55 Å². The van der Waals surface area contributed by atoms with Crippen LogP contribution in [0.1, 0.15) is 11.1 Å². The summed E-state index contributed by atoms with van der Waals surface area (Å²) < 4.78 is 2.08. The average molecular weight is 251 g/mol. The van der Waals surface area contributed by atoms with Crippen LogP contribution in [0.15, 0.2) is 42.5 Å². The molecule has 0 aliphatic rings. The molecule has 0 fully saturated rings. The van der Waals surface area contributed by atoms with E-state index in [1.807, 2.05) is 25.2 Å². The summed E-state index contributed by atoms with van der Waals surface area (Å²) in [6, 6.07) is 14.5. The van der Waals surface area contributed by atoms with Crippen LogP contribution in [0, 0.1) is 13.8 Å². The quantitative estimate of drug-likeness (QED) is 0.747. The van der Waals surface area contributed by atoms with Crippen LogP contribution in [-0.4, -0.2) is 9.55 Å². The van der Waals surface area contributed by atoms with E-state index in [9.17, 15) is 0 Å². The predicted octanol–water partition coefficient (Wildman–Crippen LogP) is 3.93. The Labute approximate surface area is 112 Å². The largest absolute Gasteiger partial charge is 0.325 e. The molecule has 3 heteroatoms. The van der Waals surface area contributed by atoms with E-state index >= 15 is 0 Å². The molecular weight excluding hydrogens is 234 g/mol. The Kier molecular flexibility index (Phi) is 2.75. The van der Waals surface area contributed by atoms with Crippen molar-refractivity contribution in [3.63, 3.8) is 0 Å². The zero-order valence-corrected chi connectivity index (χ0v) is 11.4. The molecular formula is C16H17N3. The third-order valence-corrected chi connectivity index (χ3v) is 3.51. The molecule has 0 bridgehead atoms. The van der Waals surface area contributed by atoms with Crippen molar-refractivity contribution in [3.8, 4) is 0 Å². The summed E-state index contributed by atoms with van der Waals surface area (Å²) in [5, 5.41) is 3.45. The van der Waals surface area contributed by atoms with Crippen molar-refractivity contribution in [2.45, 2.75) is 13.8 Å². The van der Waals surface area contributed by atoms with Crippen LogP contribution in [-0.2, 0) is 7.05 Å². The van der Waals surface area contributed by atoms with Gasteiger partial charge in [-0.25, -0.2) is 4.98 Å². The molecule has 2 aromatic carbocycles. The van der Waals surface area contributed by atoms with Gasteiger partial charge in [0, 0.05) is 12.7 Å². The monoisotopic (exact) mass is 251 g/mol. The molecule has 0 saturated heterocycles. The van der Waals surface area contributed by atoms with E-state index in [-0.39, 0.29) is 0 Å². The fraction of sp³-hybridized carbons (Fsp3) is 0.188. The average Bonchev–Trinajstić information content (AvgIpc) is 2.72. The Morgan fingerprint density at radius 2 is 1.63 bits per heavy atom. The number of hydrogen-bond acceptors (Lipinski definition) is 2. The third-order valence-electron chi connectivity index (χ3n) is 3.51. The lowest BCUT2D eigenvalue weighted by atomic mass is 10.1. The van der Waals surface area contributed by atoms with Gasteiger partial charge in [-0.05, 0) is 37.1 Å². The van der Waals surface area contributed by atoms with Gasteiger partial charge in [0.15, 0.2) is 0 Å². The first kappa shape index (κ1) is 11.8. The maximum atomic E-state index is 4.64. The Morgan fingerprint density at radius 1 is 0.947 bits per heavy atom. The molecule has 96 valence electrons. The Hall–Kier alpha value is -2.29. The van der Waals surface area contributed by atoms with Gasteiger partial charge in [0.05, 0.1) is 11.0 Å². The van der Waals surface area contributed by atoms with Crippen LogP contribution in [0.2, 0.25) is 0 Å². The molecule has 0 aliphatic carbocycles. The van der Waals surface area contributed by atoms with Crippen molar-refractivity contribution in [1.29, 1.82) is 0 Å². The minimum Gasteiger partial charge on any atom is -0.325 e. The smallest absolute Gasteiger partial charge is 0.208 e. The second-order valence-electron chi connectivity index (χ2n) is 4.87. The molecule has 0 atom stereocenters. The lowest BCUT2D eigenvalue weighted by molar-refractivity contribution is 0.957. The van der Waals surface area contributed by atoms with E-state index < -0.39 is 0 Å². The summed E-state index contributed by atoms with van der Waals surface area (Å²) in [5.41, 5.74) is 5.75. The van der Waals surface area contributed by atoms with Gasteiger partial charge < -0.3 is 9.88 Å². The van der Waals surface area contributed by atoms with Gasteiger partial charge in [0.2, 0.25) is 5.95 Å². The highest BCUT2D eigenvalue weighted by Crippen LogP contribution is 2.25. The number of hydrogen-bond donors (Lipinski definition) is 1. The topological polar surface area (TPSA) is 29.9 Å². The summed E-state index contributed by atoms with van der Waals surface area (Å²) in [5.74, 6) is 0.874. The zero-order valence-electron chi connectivity index (χ0n) is 11.4. The Morgan fingerprint density at radius 3 is 2.32 bits per heavy atom. The first-order chi connectivity index (χ1) is 9.16. The molecule has 0 spiro atoms. The number of anilines is 2. The molecule has 3 aromatic rings. The summed E-state index contributed by atoms with van der Waals surface area (Å²) in [6.07, 6.45) is 0. The first-order valence-corrected chi connectivity index (χ1v) is 6.41. The highest BCUT2D eigenvalue weighted by Gasteiger charge is 2.09. The number of para-hydroxylation sites is 3. The molecule has 0 radical (unpaired) electrons. The molecule has 19 heavy (non-hydrogen) atoms. The van der Waals surface area contributed by atoms with Crippen molar-refractivity contribution in [3.05, 3.63) is 53.6 Å². The van der Waals surface area contributed by atoms with Crippen LogP contribution in [0.5, 0.6) is 0 Å². The fourth-order valence-electron chi connectivity index (χ4n) is 2.38.